The van der Waals surface area contributed by atoms with E-state index in [1.54, 1.807) is 11.6 Å². The maximum Gasteiger partial charge on any atom is 0.256 e. The quantitative estimate of drug-likeness (QED) is 0.822. The van der Waals surface area contributed by atoms with Crippen molar-refractivity contribution in [2.24, 2.45) is 18.2 Å². The van der Waals surface area contributed by atoms with E-state index >= 15 is 0 Å². The first-order chi connectivity index (χ1) is 11.5. The molecule has 126 valence electrons. The average Bonchev–Trinajstić information content (AvgIpc) is 2.84. The molecule has 24 heavy (non-hydrogen) atoms. The predicted octanol–water partition coefficient (Wildman–Crippen LogP) is 1.21. The second-order valence-corrected chi connectivity index (χ2v) is 7.08. The normalized spacial score (nSPS) is 21.9. The van der Waals surface area contributed by atoms with Crippen LogP contribution in [-0.4, -0.2) is 22.6 Å². The van der Waals surface area contributed by atoms with E-state index < -0.39 is 0 Å². The molecule has 0 amide bonds. The minimum absolute atomic E-state index is 0.0912. The molecule has 2 aromatic rings. The summed E-state index contributed by atoms with van der Waals surface area (Å²) in [4.78, 5) is 18.5. The van der Waals surface area contributed by atoms with Crippen molar-refractivity contribution in [3.63, 3.8) is 0 Å². The molecule has 1 aliphatic carbocycles. The Morgan fingerprint density at radius 3 is 2.67 bits per heavy atom. The summed E-state index contributed by atoms with van der Waals surface area (Å²) in [6, 6.07) is 9.96. The summed E-state index contributed by atoms with van der Waals surface area (Å²) in [5, 5.41) is 0. The summed E-state index contributed by atoms with van der Waals surface area (Å²) in [7, 11) is 1.74. The van der Waals surface area contributed by atoms with Gasteiger partial charge in [-0.25, -0.2) is 0 Å². The zero-order valence-electron chi connectivity index (χ0n) is 13.9. The van der Waals surface area contributed by atoms with Crippen LogP contribution in [0.5, 0.6) is 0 Å². The van der Waals surface area contributed by atoms with Gasteiger partial charge < -0.3 is 16.4 Å². The Bertz CT molecular complexity index is 836. The molecule has 0 bridgehead atoms. The topological polar surface area (TPSA) is 90.2 Å². The van der Waals surface area contributed by atoms with Crippen LogP contribution in [0.2, 0.25) is 0 Å². The third kappa shape index (κ3) is 2.21. The third-order valence-electron chi connectivity index (χ3n) is 5.77. The maximum absolute atomic E-state index is 12.0. The van der Waals surface area contributed by atoms with Gasteiger partial charge in [0, 0.05) is 32.2 Å². The van der Waals surface area contributed by atoms with Gasteiger partial charge >= 0.3 is 0 Å². The Hall–Kier alpha value is -2.34. The molecule has 4 rings (SSSR count). The van der Waals surface area contributed by atoms with Crippen molar-refractivity contribution in [2.45, 2.75) is 25.3 Å². The van der Waals surface area contributed by atoms with Crippen LogP contribution in [0.15, 0.2) is 35.1 Å². The number of hydrogen-bond acceptors (Lipinski definition) is 5. The van der Waals surface area contributed by atoms with E-state index in [2.05, 4.69) is 34.1 Å². The largest absolute Gasteiger partial charge is 0.383 e. The van der Waals surface area contributed by atoms with Gasteiger partial charge in [0.05, 0.1) is 0 Å². The molecule has 1 aromatic carbocycles. The van der Waals surface area contributed by atoms with Crippen molar-refractivity contribution >= 4 is 11.8 Å². The van der Waals surface area contributed by atoms with Crippen LogP contribution in [0.1, 0.15) is 30.0 Å². The molecule has 0 radical (unpaired) electrons. The van der Waals surface area contributed by atoms with Crippen LogP contribution in [-0.2, 0) is 13.5 Å². The second-order valence-electron chi connectivity index (χ2n) is 7.08. The number of aromatic nitrogens is 2. The van der Waals surface area contributed by atoms with E-state index in [-0.39, 0.29) is 22.8 Å². The molecule has 1 atom stereocenters. The molecular weight excluding hydrogens is 302 g/mol. The molecule has 4 N–H and O–H groups in total. The van der Waals surface area contributed by atoms with Gasteiger partial charge in [-0.1, -0.05) is 24.3 Å². The highest BCUT2D eigenvalue weighted by atomic mass is 16.1. The summed E-state index contributed by atoms with van der Waals surface area (Å²) in [6.07, 6.45) is 3.03. The first-order valence-electron chi connectivity index (χ1n) is 8.42. The number of piperidine rings is 1. The fourth-order valence-corrected chi connectivity index (χ4v) is 4.29. The molecule has 6 nitrogen and oxygen atoms in total. The Kier molecular flexibility index (Phi) is 3.38. The van der Waals surface area contributed by atoms with Crippen LogP contribution in [0.25, 0.3) is 0 Å². The number of anilines is 2. The number of nitrogens with zero attached hydrogens (tertiary/aromatic N) is 3. The molecule has 1 unspecified atom stereocenters. The van der Waals surface area contributed by atoms with Crippen molar-refractivity contribution in [3.8, 4) is 0 Å². The molecule has 1 aliphatic heterocycles. The lowest BCUT2D eigenvalue weighted by atomic mass is 9.73. The van der Waals surface area contributed by atoms with Gasteiger partial charge in [0.2, 0.25) is 5.95 Å². The van der Waals surface area contributed by atoms with Gasteiger partial charge in [-0.2, -0.15) is 4.98 Å². The fourth-order valence-electron chi connectivity index (χ4n) is 4.29. The maximum atomic E-state index is 12.0. The van der Waals surface area contributed by atoms with E-state index in [0.29, 0.717) is 5.95 Å². The molecular formula is C18H23N5O. The van der Waals surface area contributed by atoms with Crippen LogP contribution < -0.4 is 21.9 Å². The van der Waals surface area contributed by atoms with E-state index in [4.69, 9.17) is 11.5 Å². The first kappa shape index (κ1) is 15.2. The molecule has 1 saturated heterocycles. The van der Waals surface area contributed by atoms with Crippen molar-refractivity contribution in [3.05, 3.63) is 51.8 Å². The molecule has 0 saturated carbocycles. The Morgan fingerprint density at radius 1 is 1.25 bits per heavy atom. The standard InChI is InChI=1S/C18H23N5O/c1-22-15(24)10-14(19)21-17(22)23-8-6-18(7-9-23)11-12-4-2-3-5-13(12)16(18)20/h2-5,10,16H,6-9,11,19-20H2,1H3. The zero-order valence-corrected chi connectivity index (χ0v) is 13.9. The first-order valence-corrected chi connectivity index (χ1v) is 8.42. The SMILES string of the molecule is Cn1c(N2CCC3(CC2)Cc2ccccc2C3N)nc(N)cc1=O. The van der Waals surface area contributed by atoms with Gasteiger partial charge in [0.25, 0.3) is 5.56 Å². The molecule has 2 aliphatic rings. The molecule has 1 spiro atoms. The molecule has 6 heteroatoms. The van der Waals surface area contributed by atoms with Crippen molar-refractivity contribution in [1.82, 2.24) is 9.55 Å². The summed E-state index contributed by atoms with van der Waals surface area (Å²) in [5.74, 6) is 0.928. The minimum Gasteiger partial charge on any atom is -0.383 e. The Labute approximate surface area is 141 Å². The van der Waals surface area contributed by atoms with Crippen molar-refractivity contribution < 1.29 is 0 Å². The minimum atomic E-state index is -0.122. The van der Waals surface area contributed by atoms with E-state index in [0.717, 1.165) is 32.4 Å². The number of nitrogen functional groups attached to an aromatic ring is 1. The molecule has 2 heterocycles. The number of rotatable bonds is 1. The highest BCUT2D eigenvalue weighted by Crippen LogP contribution is 2.50. The average molecular weight is 325 g/mol. The number of fused-ring (bicyclic) bond motifs is 1. The van der Waals surface area contributed by atoms with Crippen molar-refractivity contribution in [1.29, 1.82) is 0 Å². The van der Waals surface area contributed by atoms with Gasteiger partial charge in [-0.15, -0.1) is 0 Å². The lowest BCUT2D eigenvalue weighted by molar-refractivity contribution is 0.186. The highest BCUT2D eigenvalue weighted by Gasteiger charge is 2.46. The van der Waals surface area contributed by atoms with Gasteiger partial charge in [0.1, 0.15) is 5.82 Å². The van der Waals surface area contributed by atoms with Gasteiger partial charge in [-0.05, 0) is 35.8 Å². The Morgan fingerprint density at radius 2 is 1.96 bits per heavy atom. The van der Waals surface area contributed by atoms with E-state index in [1.807, 2.05) is 0 Å². The van der Waals surface area contributed by atoms with E-state index in [1.165, 1.54) is 17.2 Å². The monoisotopic (exact) mass is 325 g/mol. The predicted molar refractivity (Wildman–Crippen MR) is 94.8 cm³/mol. The second kappa shape index (κ2) is 5.34. The van der Waals surface area contributed by atoms with Crippen LogP contribution in [0.3, 0.4) is 0 Å². The third-order valence-corrected chi connectivity index (χ3v) is 5.77. The lowest BCUT2D eigenvalue weighted by Crippen LogP contribution is -2.46. The highest BCUT2D eigenvalue weighted by molar-refractivity contribution is 5.42. The van der Waals surface area contributed by atoms with Gasteiger partial charge in [-0.3, -0.25) is 9.36 Å². The smallest absolute Gasteiger partial charge is 0.256 e. The summed E-state index contributed by atoms with van der Waals surface area (Å²) < 4.78 is 1.57. The van der Waals surface area contributed by atoms with Crippen LogP contribution in [0.4, 0.5) is 11.8 Å². The summed E-state index contributed by atoms with van der Waals surface area (Å²) in [6.45, 7) is 1.68. The molecule has 1 fully saturated rings. The summed E-state index contributed by atoms with van der Waals surface area (Å²) >= 11 is 0. The van der Waals surface area contributed by atoms with Crippen LogP contribution in [0, 0.1) is 5.41 Å². The number of hydrogen-bond donors (Lipinski definition) is 2. The molecule has 1 aromatic heterocycles. The number of nitrogens with two attached hydrogens (primary N) is 2. The van der Waals surface area contributed by atoms with E-state index in [9.17, 15) is 4.79 Å². The lowest BCUT2D eigenvalue weighted by Gasteiger charge is -2.42. The van der Waals surface area contributed by atoms with Gasteiger partial charge in [0.15, 0.2) is 0 Å². The zero-order chi connectivity index (χ0) is 16.9. The Balaban J connectivity index is 1.58. The summed E-state index contributed by atoms with van der Waals surface area (Å²) in [5.41, 5.74) is 15.0. The van der Waals surface area contributed by atoms with Crippen molar-refractivity contribution in [2.75, 3.05) is 23.7 Å². The fraction of sp³-hybridized carbons (Fsp3) is 0.444. The van der Waals surface area contributed by atoms with Crippen LogP contribution >= 0.6 is 0 Å². The number of benzene rings is 1.